The fourth-order valence-electron chi connectivity index (χ4n) is 1.52. The predicted octanol–water partition coefficient (Wildman–Crippen LogP) is -1.38. The largest absolute Gasteiger partial charge is 0.436 e. The van der Waals surface area contributed by atoms with E-state index in [0.717, 1.165) is 0 Å². The number of rotatable bonds is 2. The van der Waals surface area contributed by atoms with Crippen molar-refractivity contribution in [3.8, 4) is 0 Å². The van der Waals surface area contributed by atoms with Crippen molar-refractivity contribution in [1.29, 1.82) is 0 Å². The molecule has 3 N–H and O–H groups in total. The lowest BCUT2D eigenvalue weighted by atomic mass is 9.92. The van der Waals surface area contributed by atoms with Crippen LogP contribution in [0.2, 0.25) is 0 Å². The molecule has 0 bridgehead atoms. The average Bonchev–Trinajstić information content (AvgIpc) is 2.18. The number of aliphatic hydroxyl groups is 3. The minimum atomic E-state index is -1.17. The normalized spacial score (nSPS) is 41.3. The zero-order chi connectivity index (χ0) is 11.6. The summed E-state index contributed by atoms with van der Waals surface area (Å²) in [5.41, 5.74) is 0. The number of esters is 1. The Labute approximate surface area is 87.4 Å². The standard InChI is InChI=1S/C9H16O6/c1-4-7(12)8(13)6(3-10)15-9(4)14-5(2)11/h4,6-10,12-13H,3H2,1-2H3/t4-,6?,7?,8+,9?/m0/s1. The number of hydrogen-bond donors (Lipinski definition) is 3. The van der Waals surface area contributed by atoms with Gasteiger partial charge in [0.15, 0.2) is 0 Å². The molecule has 0 radical (unpaired) electrons. The van der Waals surface area contributed by atoms with Crippen molar-refractivity contribution in [2.45, 2.75) is 38.4 Å². The van der Waals surface area contributed by atoms with Gasteiger partial charge in [0, 0.05) is 12.8 Å². The number of hydrogen-bond acceptors (Lipinski definition) is 6. The molecule has 1 heterocycles. The van der Waals surface area contributed by atoms with E-state index in [-0.39, 0.29) is 0 Å². The van der Waals surface area contributed by atoms with E-state index in [9.17, 15) is 15.0 Å². The zero-order valence-electron chi connectivity index (χ0n) is 8.66. The van der Waals surface area contributed by atoms with Crippen molar-refractivity contribution in [2.24, 2.45) is 5.92 Å². The van der Waals surface area contributed by atoms with Crippen LogP contribution in [0.5, 0.6) is 0 Å². The maximum atomic E-state index is 10.7. The Morgan fingerprint density at radius 3 is 2.47 bits per heavy atom. The van der Waals surface area contributed by atoms with Gasteiger partial charge in [-0.25, -0.2) is 0 Å². The highest BCUT2D eigenvalue weighted by molar-refractivity contribution is 5.66. The fraction of sp³-hybridized carbons (Fsp3) is 0.889. The molecule has 0 aromatic rings. The van der Waals surface area contributed by atoms with Gasteiger partial charge >= 0.3 is 5.97 Å². The minimum Gasteiger partial charge on any atom is -0.436 e. The summed E-state index contributed by atoms with van der Waals surface area (Å²) in [5.74, 6) is -1.07. The Morgan fingerprint density at radius 1 is 1.40 bits per heavy atom. The molecule has 1 aliphatic heterocycles. The molecule has 0 spiro atoms. The van der Waals surface area contributed by atoms with Crippen LogP contribution in [0.15, 0.2) is 0 Å². The van der Waals surface area contributed by atoms with Crippen LogP contribution >= 0.6 is 0 Å². The molecule has 15 heavy (non-hydrogen) atoms. The summed E-state index contributed by atoms with van der Waals surface area (Å²) >= 11 is 0. The third-order valence-electron chi connectivity index (χ3n) is 2.47. The lowest BCUT2D eigenvalue weighted by Gasteiger charge is -2.39. The third kappa shape index (κ3) is 2.66. The molecule has 0 aliphatic carbocycles. The molecule has 1 aliphatic rings. The Hall–Kier alpha value is -0.690. The van der Waals surface area contributed by atoms with Gasteiger partial charge in [-0.05, 0) is 0 Å². The lowest BCUT2D eigenvalue weighted by molar-refractivity contribution is -0.273. The van der Waals surface area contributed by atoms with Crippen molar-refractivity contribution in [3.05, 3.63) is 0 Å². The first kappa shape index (κ1) is 12.4. The molecule has 0 amide bonds. The third-order valence-corrected chi connectivity index (χ3v) is 2.47. The van der Waals surface area contributed by atoms with Gasteiger partial charge in [0.1, 0.15) is 12.2 Å². The summed E-state index contributed by atoms with van der Waals surface area (Å²) in [6.45, 7) is 2.37. The molecule has 5 atom stereocenters. The van der Waals surface area contributed by atoms with Gasteiger partial charge < -0.3 is 24.8 Å². The summed E-state index contributed by atoms with van der Waals surface area (Å²) in [4.78, 5) is 10.7. The van der Waals surface area contributed by atoms with Crippen LogP contribution in [0.3, 0.4) is 0 Å². The monoisotopic (exact) mass is 220 g/mol. The van der Waals surface area contributed by atoms with E-state index in [1.54, 1.807) is 6.92 Å². The quantitative estimate of drug-likeness (QED) is 0.497. The molecule has 6 nitrogen and oxygen atoms in total. The minimum absolute atomic E-state index is 0.442. The van der Waals surface area contributed by atoms with Gasteiger partial charge in [-0.15, -0.1) is 0 Å². The summed E-state index contributed by atoms with van der Waals surface area (Å²) < 4.78 is 9.95. The molecule has 1 fully saturated rings. The number of carbonyl (C=O) groups is 1. The summed E-state index contributed by atoms with van der Waals surface area (Å²) in [6.07, 6.45) is -4.12. The smallest absolute Gasteiger partial charge is 0.304 e. The maximum Gasteiger partial charge on any atom is 0.304 e. The molecule has 6 heteroatoms. The summed E-state index contributed by atoms with van der Waals surface area (Å²) in [5, 5.41) is 28.0. The van der Waals surface area contributed by atoms with Gasteiger partial charge in [-0.2, -0.15) is 0 Å². The molecule has 0 saturated carbocycles. The van der Waals surface area contributed by atoms with Crippen LogP contribution in [0.4, 0.5) is 0 Å². The molecular formula is C9H16O6. The van der Waals surface area contributed by atoms with E-state index in [2.05, 4.69) is 0 Å². The Bertz CT molecular complexity index is 229. The predicted molar refractivity (Wildman–Crippen MR) is 48.7 cm³/mol. The maximum absolute atomic E-state index is 10.7. The molecule has 88 valence electrons. The van der Waals surface area contributed by atoms with E-state index < -0.39 is 43.1 Å². The van der Waals surface area contributed by atoms with Crippen LogP contribution in [-0.2, 0) is 14.3 Å². The Morgan fingerprint density at radius 2 is 2.00 bits per heavy atom. The second kappa shape index (κ2) is 4.89. The average molecular weight is 220 g/mol. The summed E-state index contributed by atoms with van der Waals surface area (Å²) in [6, 6.07) is 0. The van der Waals surface area contributed by atoms with Crippen LogP contribution in [0.1, 0.15) is 13.8 Å². The second-order valence-corrected chi connectivity index (χ2v) is 3.68. The van der Waals surface area contributed by atoms with E-state index >= 15 is 0 Å². The van der Waals surface area contributed by atoms with Crippen LogP contribution < -0.4 is 0 Å². The number of ether oxygens (including phenoxy) is 2. The first-order valence-corrected chi connectivity index (χ1v) is 4.77. The Kier molecular flexibility index (Phi) is 4.04. The highest BCUT2D eigenvalue weighted by atomic mass is 16.7. The first-order chi connectivity index (χ1) is 6.97. The highest BCUT2D eigenvalue weighted by Crippen LogP contribution is 2.26. The van der Waals surface area contributed by atoms with E-state index in [4.69, 9.17) is 14.6 Å². The van der Waals surface area contributed by atoms with Crippen molar-refractivity contribution in [2.75, 3.05) is 6.61 Å². The van der Waals surface area contributed by atoms with Crippen LogP contribution in [0.25, 0.3) is 0 Å². The van der Waals surface area contributed by atoms with Crippen LogP contribution in [0, 0.1) is 5.92 Å². The molecule has 0 aromatic heterocycles. The first-order valence-electron chi connectivity index (χ1n) is 4.77. The zero-order valence-corrected chi connectivity index (χ0v) is 8.66. The molecule has 1 rings (SSSR count). The van der Waals surface area contributed by atoms with Gasteiger partial charge in [-0.3, -0.25) is 4.79 Å². The van der Waals surface area contributed by atoms with Crippen LogP contribution in [-0.4, -0.2) is 52.5 Å². The van der Waals surface area contributed by atoms with E-state index in [1.807, 2.05) is 0 Å². The van der Waals surface area contributed by atoms with Crippen molar-refractivity contribution in [1.82, 2.24) is 0 Å². The van der Waals surface area contributed by atoms with Gasteiger partial charge in [-0.1, -0.05) is 6.92 Å². The van der Waals surface area contributed by atoms with E-state index in [0.29, 0.717) is 0 Å². The van der Waals surface area contributed by atoms with Crippen molar-refractivity contribution < 1.29 is 29.6 Å². The van der Waals surface area contributed by atoms with Gasteiger partial charge in [0.2, 0.25) is 6.29 Å². The van der Waals surface area contributed by atoms with Gasteiger partial charge in [0.05, 0.1) is 12.7 Å². The van der Waals surface area contributed by atoms with Crippen molar-refractivity contribution >= 4 is 5.97 Å². The summed E-state index contributed by atoms with van der Waals surface area (Å²) in [7, 11) is 0. The SMILES string of the molecule is CC(=O)OC1OC(CO)[C@@H](O)C(O)[C@@H]1C. The number of carbonyl (C=O) groups excluding carboxylic acids is 1. The molecule has 1 saturated heterocycles. The molecule has 3 unspecified atom stereocenters. The van der Waals surface area contributed by atoms with Gasteiger partial charge in [0.25, 0.3) is 0 Å². The Balaban J connectivity index is 2.69. The molecule has 0 aromatic carbocycles. The van der Waals surface area contributed by atoms with Crippen molar-refractivity contribution in [3.63, 3.8) is 0 Å². The highest BCUT2D eigenvalue weighted by Gasteiger charge is 2.43. The lowest BCUT2D eigenvalue weighted by Crippen LogP contribution is -2.55. The number of aliphatic hydroxyl groups excluding tert-OH is 3. The van der Waals surface area contributed by atoms with E-state index in [1.165, 1.54) is 6.92 Å². The topological polar surface area (TPSA) is 96.2 Å². The fourth-order valence-corrected chi connectivity index (χ4v) is 1.52. The molecular weight excluding hydrogens is 204 g/mol. The second-order valence-electron chi connectivity index (χ2n) is 3.68.